The van der Waals surface area contributed by atoms with Crippen LogP contribution in [0.25, 0.3) is 0 Å². The molecule has 0 aromatic carbocycles. The third kappa shape index (κ3) is 3.68. The van der Waals surface area contributed by atoms with Crippen LogP contribution in [0, 0.1) is 5.95 Å². The van der Waals surface area contributed by atoms with E-state index in [4.69, 9.17) is 0 Å². The van der Waals surface area contributed by atoms with Gasteiger partial charge < -0.3 is 4.90 Å². The number of halogens is 4. The van der Waals surface area contributed by atoms with E-state index in [1.807, 2.05) is 0 Å². The first-order chi connectivity index (χ1) is 8.22. The van der Waals surface area contributed by atoms with Gasteiger partial charge in [0.15, 0.2) is 0 Å². The predicted octanol–water partition coefficient (Wildman–Crippen LogP) is 2.63. The van der Waals surface area contributed by atoms with E-state index in [0.29, 0.717) is 4.90 Å². The van der Waals surface area contributed by atoms with Crippen molar-refractivity contribution in [1.29, 1.82) is 0 Å². The van der Waals surface area contributed by atoms with Gasteiger partial charge in [0, 0.05) is 12.2 Å². The number of aromatic nitrogens is 1. The fourth-order valence-corrected chi connectivity index (χ4v) is 1.38. The molecule has 1 amide bonds. The molecule has 0 spiro atoms. The summed E-state index contributed by atoms with van der Waals surface area (Å²) in [7, 11) is 0. The first-order valence-electron chi connectivity index (χ1n) is 5.20. The van der Waals surface area contributed by atoms with Crippen LogP contribution in [0.5, 0.6) is 0 Å². The van der Waals surface area contributed by atoms with E-state index in [1.54, 1.807) is 0 Å². The van der Waals surface area contributed by atoms with E-state index < -0.39 is 36.2 Å². The highest BCUT2D eigenvalue weighted by Crippen LogP contribution is 2.20. The van der Waals surface area contributed by atoms with Crippen LogP contribution in [0.3, 0.4) is 0 Å². The van der Waals surface area contributed by atoms with Gasteiger partial charge in [-0.15, -0.1) is 0 Å². The van der Waals surface area contributed by atoms with E-state index in [0.717, 1.165) is 12.3 Å². The summed E-state index contributed by atoms with van der Waals surface area (Å²) in [6, 6.07) is 1.71. The number of alkyl halides is 3. The zero-order valence-corrected chi connectivity index (χ0v) is 9.83. The molecule has 1 aromatic rings. The van der Waals surface area contributed by atoms with Gasteiger partial charge in [0.05, 0.1) is 5.56 Å². The highest BCUT2D eigenvalue weighted by Gasteiger charge is 2.35. The normalized spacial score (nSPS) is 11.7. The Bertz CT molecular complexity index is 431. The minimum Gasteiger partial charge on any atom is -0.327 e. The van der Waals surface area contributed by atoms with Crippen molar-refractivity contribution in [3.8, 4) is 0 Å². The summed E-state index contributed by atoms with van der Waals surface area (Å²) in [4.78, 5) is 15.6. The van der Waals surface area contributed by atoms with Crippen molar-refractivity contribution in [1.82, 2.24) is 9.88 Å². The summed E-state index contributed by atoms with van der Waals surface area (Å²) in [6.45, 7) is 1.44. The maximum atomic E-state index is 13.3. The van der Waals surface area contributed by atoms with E-state index in [2.05, 4.69) is 4.98 Å². The smallest absolute Gasteiger partial charge is 0.327 e. The Balaban J connectivity index is 3.01. The van der Waals surface area contributed by atoms with Crippen LogP contribution in [0.1, 0.15) is 24.2 Å². The summed E-state index contributed by atoms with van der Waals surface area (Å²) in [5.74, 6) is -2.09. The van der Waals surface area contributed by atoms with E-state index in [-0.39, 0.29) is 0 Å². The molecule has 0 saturated heterocycles. The van der Waals surface area contributed by atoms with Crippen LogP contribution in [-0.4, -0.2) is 34.6 Å². The van der Waals surface area contributed by atoms with Gasteiger partial charge in [-0.3, -0.25) is 4.79 Å². The Morgan fingerprint density at radius 1 is 1.44 bits per heavy atom. The molecular formula is C11H12F4N2O. The zero-order valence-electron chi connectivity index (χ0n) is 9.83. The van der Waals surface area contributed by atoms with Crippen LogP contribution >= 0.6 is 0 Å². The number of rotatable bonds is 3. The van der Waals surface area contributed by atoms with Crippen molar-refractivity contribution >= 4 is 5.91 Å². The van der Waals surface area contributed by atoms with E-state index in [1.165, 1.54) is 19.9 Å². The van der Waals surface area contributed by atoms with Crippen LogP contribution in [-0.2, 0) is 0 Å². The SMILES string of the molecule is CC(C)N(CC(F)(F)F)C(=O)c1cccnc1F. The number of nitrogens with zero attached hydrogens (tertiary/aromatic N) is 2. The molecule has 0 N–H and O–H groups in total. The zero-order chi connectivity index (χ0) is 13.9. The third-order valence-electron chi connectivity index (χ3n) is 2.22. The van der Waals surface area contributed by atoms with E-state index >= 15 is 0 Å². The monoisotopic (exact) mass is 264 g/mol. The third-order valence-corrected chi connectivity index (χ3v) is 2.22. The van der Waals surface area contributed by atoms with Gasteiger partial charge in [-0.25, -0.2) is 4.98 Å². The van der Waals surface area contributed by atoms with Crippen molar-refractivity contribution in [3.05, 3.63) is 29.8 Å². The fourth-order valence-electron chi connectivity index (χ4n) is 1.38. The van der Waals surface area contributed by atoms with Crippen LogP contribution < -0.4 is 0 Å². The summed E-state index contributed by atoms with van der Waals surface area (Å²) in [5.41, 5.74) is -0.463. The lowest BCUT2D eigenvalue weighted by Crippen LogP contribution is -2.43. The average Bonchev–Trinajstić information content (AvgIpc) is 2.24. The van der Waals surface area contributed by atoms with Gasteiger partial charge in [-0.2, -0.15) is 17.6 Å². The Kier molecular flexibility index (Phi) is 4.26. The molecule has 1 aromatic heterocycles. The summed E-state index contributed by atoms with van der Waals surface area (Å²) in [5, 5.41) is 0. The molecule has 1 heterocycles. The molecule has 0 bridgehead atoms. The van der Waals surface area contributed by atoms with Crippen molar-refractivity contribution in [2.45, 2.75) is 26.1 Å². The molecule has 0 aliphatic rings. The molecule has 7 heteroatoms. The molecule has 3 nitrogen and oxygen atoms in total. The first-order valence-corrected chi connectivity index (χ1v) is 5.20. The number of amides is 1. The molecule has 0 fully saturated rings. The molecular weight excluding hydrogens is 252 g/mol. The molecule has 0 radical (unpaired) electrons. The summed E-state index contributed by atoms with van der Waals surface area (Å²) < 4.78 is 50.3. The molecule has 0 unspecified atom stereocenters. The lowest BCUT2D eigenvalue weighted by Gasteiger charge is -2.27. The fraction of sp³-hybridized carbons (Fsp3) is 0.455. The Morgan fingerprint density at radius 3 is 2.50 bits per heavy atom. The number of hydrogen-bond donors (Lipinski definition) is 0. The summed E-state index contributed by atoms with van der Waals surface area (Å²) in [6.07, 6.45) is -3.41. The van der Waals surface area contributed by atoms with Crippen LogP contribution in [0.4, 0.5) is 17.6 Å². The van der Waals surface area contributed by atoms with Gasteiger partial charge in [0.1, 0.15) is 6.54 Å². The molecule has 1 rings (SSSR count). The van der Waals surface area contributed by atoms with Gasteiger partial charge in [0.25, 0.3) is 5.91 Å². The maximum Gasteiger partial charge on any atom is 0.406 e. The standard InChI is InChI=1S/C11H12F4N2O/c1-7(2)17(6-11(13,14)15)10(18)8-4-3-5-16-9(8)12/h3-5,7H,6H2,1-2H3. The lowest BCUT2D eigenvalue weighted by molar-refractivity contribution is -0.143. The minimum absolute atomic E-state index is 0.463. The first kappa shape index (κ1) is 14.4. The molecule has 0 aliphatic carbocycles. The Morgan fingerprint density at radius 2 is 2.06 bits per heavy atom. The molecule has 0 saturated carbocycles. The quantitative estimate of drug-likeness (QED) is 0.621. The molecule has 100 valence electrons. The topological polar surface area (TPSA) is 33.2 Å². The maximum absolute atomic E-state index is 13.3. The summed E-state index contributed by atoms with van der Waals surface area (Å²) >= 11 is 0. The average molecular weight is 264 g/mol. The number of pyridine rings is 1. The van der Waals surface area contributed by atoms with Crippen LogP contribution in [0.2, 0.25) is 0 Å². The minimum atomic E-state index is -4.53. The largest absolute Gasteiger partial charge is 0.406 e. The van der Waals surface area contributed by atoms with E-state index in [9.17, 15) is 22.4 Å². The Labute approximate surface area is 101 Å². The number of hydrogen-bond acceptors (Lipinski definition) is 2. The molecule has 0 atom stereocenters. The molecule has 18 heavy (non-hydrogen) atoms. The van der Waals surface area contributed by atoms with Crippen molar-refractivity contribution in [3.63, 3.8) is 0 Å². The lowest BCUT2D eigenvalue weighted by atomic mass is 10.2. The number of carbonyl (C=O) groups is 1. The van der Waals surface area contributed by atoms with Gasteiger partial charge >= 0.3 is 6.18 Å². The predicted molar refractivity (Wildman–Crippen MR) is 56.4 cm³/mol. The highest BCUT2D eigenvalue weighted by molar-refractivity contribution is 5.94. The van der Waals surface area contributed by atoms with Crippen molar-refractivity contribution in [2.24, 2.45) is 0 Å². The second kappa shape index (κ2) is 5.32. The van der Waals surface area contributed by atoms with Gasteiger partial charge in [-0.05, 0) is 26.0 Å². The molecule has 0 aliphatic heterocycles. The highest BCUT2D eigenvalue weighted by atomic mass is 19.4. The second-order valence-corrected chi connectivity index (χ2v) is 3.98. The van der Waals surface area contributed by atoms with Crippen molar-refractivity contribution in [2.75, 3.05) is 6.54 Å². The van der Waals surface area contributed by atoms with Gasteiger partial charge in [-0.1, -0.05) is 0 Å². The Hall–Kier alpha value is -1.66. The number of carbonyl (C=O) groups excluding carboxylic acids is 1. The van der Waals surface area contributed by atoms with Gasteiger partial charge in [0.2, 0.25) is 5.95 Å². The van der Waals surface area contributed by atoms with Crippen LogP contribution in [0.15, 0.2) is 18.3 Å². The second-order valence-electron chi connectivity index (χ2n) is 3.98. The van der Waals surface area contributed by atoms with Crippen molar-refractivity contribution < 1.29 is 22.4 Å².